The predicted octanol–water partition coefficient (Wildman–Crippen LogP) is 6.50. The first kappa shape index (κ1) is 26.2. The molecule has 200 valence electrons. The predicted molar refractivity (Wildman–Crippen MR) is 133 cm³/mol. The topological polar surface area (TPSA) is 98.9 Å². The van der Waals surface area contributed by atoms with Crippen LogP contribution in [0.15, 0.2) is 54.7 Å². The Balaban J connectivity index is 1.62. The van der Waals surface area contributed by atoms with E-state index in [2.05, 4.69) is 26.1 Å². The second-order valence-electron chi connectivity index (χ2n) is 8.77. The van der Waals surface area contributed by atoms with Gasteiger partial charge in [-0.25, -0.2) is 8.78 Å². The number of aryl methyl sites for hydroxylation is 1. The van der Waals surface area contributed by atoms with Gasteiger partial charge in [0.15, 0.2) is 0 Å². The molecule has 0 aliphatic carbocycles. The number of anilines is 3. The summed E-state index contributed by atoms with van der Waals surface area (Å²) in [6.45, 7) is 1.74. The van der Waals surface area contributed by atoms with E-state index in [0.29, 0.717) is 29.2 Å². The van der Waals surface area contributed by atoms with Crippen LogP contribution in [0.25, 0.3) is 0 Å². The lowest BCUT2D eigenvalue weighted by Gasteiger charge is -2.19. The van der Waals surface area contributed by atoms with Crippen LogP contribution in [0.4, 0.5) is 39.0 Å². The molecule has 0 bridgehead atoms. The van der Waals surface area contributed by atoms with Gasteiger partial charge in [0, 0.05) is 38.7 Å². The second-order valence-corrected chi connectivity index (χ2v) is 9.18. The summed E-state index contributed by atoms with van der Waals surface area (Å²) < 4.78 is 67.8. The van der Waals surface area contributed by atoms with E-state index in [9.17, 15) is 31.5 Å². The Hall–Kier alpha value is -4.45. The second kappa shape index (κ2) is 9.70. The maximum Gasteiger partial charge on any atom is 0.416 e. The molecule has 7 nitrogen and oxygen atoms in total. The zero-order valence-corrected chi connectivity index (χ0v) is 20.6. The molecule has 3 aromatic carbocycles. The molecule has 1 atom stereocenters. The normalized spacial score (nSPS) is 14.6. The number of carbonyl (C=O) groups is 2. The molecular formula is C26H17ClF5N5O2. The van der Waals surface area contributed by atoms with Gasteiger partial charge in [-0.3, -0.25) is 14.7 Å². The molecule has 0 fully saturated rings. The molecule has 2 amide bonds. The van der Waals surface area contributed by atoms with Crippen molar-refractivity contribution in [1.29, 1.82) is 0 Å². The van der Waals surface area contributed by atoms with Gasteiger partial charge < -0.3 is 16.0 Å². The summed E-state index contributed by atoms with van der Waals surface area (Å²) in [5, 5.41) is 15.0. The molecule has 1 aliphatic heterocycles. The Morgan fingerprint density at radius 2 is 1.79 bits per heavy atom. The number of carbonyl (C=O) groups excluding carboxylic acids is 2. The molecule has 1 aromatic heterocycles. The van der Waals surface area contributed by atoms with Crippen molar-refractivity contribution in [3.05, 3.63) is 105 Å². The molecule has 0 radical (unpaired) electrons. The van der Waals surface area contributed by atoms with E-state index >= 15 is 0 Å². The van der Waals surface area contributed by atoms with Crippen molar-refractivity contribution in [2.45, 2.75) is 19.1 Å². The van der Waals surface area contributed by atoms with Gasteiger partial charge >= 0.3 is 6.18 Å². The lowest BCUT2D eigenvalue weighted by Crippen LogP contribution is -2.21. The first-order valence-electron chi connectivity index (χ1n) is 11.3. The Kier molecular flexibility index (Phi) is 6.51. The average molecular weight is 562 g/mol. The van der Waals surface area contributed by atoms with Crippen LogP contribution in [0.2, 0.25) is 5.02 Å². The summed E-state index contributed by atoms with van der Waals surface area (Å²) >= 11 is 6.29. The fourth-order valence-corrected chi connectivity index (χ4v) is 4.52. The molecule has 4 aromatic rings. The monoisotopic (exact) mass is 561 g/mol. The minimum atomic E-state index is -4.89. The van der Waals surface area contributed by atoms with Crippen LogP contribution in [0.1, 0.15) is 49.1 Å². The van der Waals surface area contributed by atoms with Crippen LogP contribution >= 0.6 is 11.6 Å². The molecule has 0 saturated heterocycles. The van der Waals surface area contributed by atoms with Crippen molar-refractivity contribution in [2.75, 3.05) is 10.6 Å². The van der Waals surface area contributed by atoms with E-state index in [1.54, 1.807) is 6.92 Å². The minimum absolute atomic E-state index is 0.00245. The van der Waals surface area contributed by atoms with Crippen molar-refractivity contribution in [2.24, 2.45) is 0 Å². The van der Waals surface area contributed by atoms with E-state index in [4.69, 9.17) is 11.6 Å². The summed E-state index contributed by atoms with van der Waals surface area (Å²) in [7, 11) is 0. The number of nitrogens with one attached hydrogen (secondary N) is 4. The van der Waals surface area contributed by atoms with Gasteiger partial charge in [0.05, 0.1) is 29.2 Å². The highest BCUT2D eigenvalue weighted by Crippen LogP contribution is 2.42. The van der Waals surface area contributed by atoms with E-state index < -0.39 is 46.8 Å². The van der Waals surface area contributed by atoms with Crippen molar-refractivity contribution < 1.29 is 31.5 Å². The van der Waals surface area contributed by atoms with Gasteiger partial charge in [0.1, 0.15) is 11.6 Å². The Morgan fingerprint density at radius 1 is 1.03 bits per heavy atom. The van der Waals surface area contributed by atoms with Crippen LogP contribution in [-0.2, 0) is 6.18 Å². The Bertz CT molecular complexity index is 1640. The highest BCUT2D eigenvalue weighted by atomic mass is 35.5. The smallest absolute Gasteiger partial charge is 0.353 e. The maximum atomic E-state index is 14.1. The zero-order valence-electron chi connectivity index (χ0n) is 19.8. The van der Waals surface area contributed by atoms with Gasteiger partial charge in [-0.2, -0.15) is 18.3 Å². The van der Waals surface area contributed by atoms with E-state index in [0.717, 1.165) is 12.1 Å². The third-order valence-corrected chi connectivity index (χ3v) is 6.45. The Morgan fingerprint density at radius 3 is 2.49 bits per heavy atom. The van der Waals surface area contributed by atoms with Crippen LogP contribution in [0.5, 0.6) is 0 Å². The number of hydrogen-bond donors (Lipinski definition) is 4. The van der Waals surface area contributed by atoms with Crippen molar-refractivity contribution in [1.82, 2.24) is 15.5 Å². The van der Waals surface area contributed by atoms with Crippen LogP contribution in [0, 0.1) is 18.6 Å². The molecule has 0 spiro atoms. The van der Waals surface area contributed by atoms with Gasteiger partial charge in [-0.1, -0.05) is 11.6 Å². The molecular weight excluding hydrogens is 545 g/mol. The van der Waals surface area contributed by atoms with Crippen molar-refractivity contribution >= 4 is 40.5 Å². The molecule has 2 heterocycles. The number of amides is 2. The van der Waals surface area contributed by atoms with Crippen LogP contribution < -0.4 is 16.0 Å². The average Bonchev–Trinajstić information content (AvgIpc) is 3.42. The number of aromatic nitrogens is 2. The molecule has 4 N–H and O–H groups in total. The minimum Gasteiger partial charge on any atom is -0.353 e. The highest BCUT2D eigenvalue weighted by Gasteiger charge is 2.36. The number of fused-ring (bicyclic) bond motifs is 1. The Labute approximate surface area is 222 Å². The third-order valence-electron chi connectivity index (χ3n) is 6.10. The summed E-state index contributed by atoms with van der Waals surface area (Å²) in [6.07, 6.45) is -3.40. The van der Waals surface area contributed by atoms with Gasteiger partial charge in [-0.15, -0.1) is 0 Å². The summed E-state index contributed by atoms with van der Waals surface area (Å²) in [6, 6.07) is 6.93. The highest BCUT2D eigenvalue weighted by molar-refractivity contribution is 6.31. The van der Waals surface area contributed by atoms with E-state index in [-0.39, 0.29) is 33.5 Å². The molecule has 13 heteroatoms. The van der Waals surface area contributed by atoms with Gasteiger partial charge in [0.25, 0.3) is 11.8 Å². The van der Waals surface area contributed by atoms with E-state index in [1.165, 1.54) is 24.4 Å². The SMILES string of the molecule is Cc1[nH]ncc1Nc1cc(NC(=O)c2cc(F)cc(C(F)(F)F)c2)c2c(c1)C(=O)NC2c1cc(F)ccc1Cl. The quantitative estimate of drug-likeness (QED) is 0.209. The number of H-pyrrole nitrogens is 1. The lowest BCUT2D eigenvalue weighted by molar-refractivity contribution is -0.137. The maximum absolute atomic E-state index is 14.1. The summed E-state index contributed by atoms with van der Waals surface area (Å²) in [5.74, 6) is -3.52. The van der Waals surface area contributed by atoms with Crippen molar-refractivity contribution in [3.8, 4) is 0 Å². The number of alkyl halides is 3. The number of benzene rings is 3. The number of rotatable bonds is 5. The first-order chi connectivity index (χ1) is 18.4. The number of nitrogens with zero attached hydrogens (tertiary/aromatic N) is 1. The molecule has 0 saturated carbocycles. The first-order valence-corrected chi connectivity index (χ1v) is 11.7. The fourth-order valence-electron chi connectivity index (χ4n) is 4.29. The summed E-state index contributed by atoms with van der Waals surface area (Å²) in [4.78, 5) is 26.1. The molecule has 1 unspecified atom stereocenters. The zero-order chi connectivity index (χ0) is 28.1. The third kappa shape index (κ3) is 5.15. The van der Waals surface area contributed by atoms with Crippen LogP contribution in [0.3, 0.4) is 0 Å². The number of aromatic amines is 1. The van der Waals surface area contributed by atoms with Gasteiger partial charge in [0.2, 0.25) is 0 Å². The van der Waals surface area contributed by atoms with E-state index in [1.807, 2.05) is 0 Å². The van der Waals surface area contributed by atoms with Crippen molar-refractivity contribution in [3.63, 3.8) is 0 Å². The lowest BCUT2D eigenvalue weighted by atomic mass is 9.95. The standard InChI is InChI=1S/C26H17ClF5N5O2/c1-11-21(10-33-37-11)34-16-8-18-22(23(36-25(18)39)17-7-14(28)2-3-19(17)27)20(9-16)35-24(38)12-4-13(26(30,31)32)6-15(29)5-12/h2-10,23,34H,1H3,(H,33,37)(H,35,38)(H,36,39). The molecule has 39 heavy (non-hydrogen) atoms. The fraction of sp³-hybridized carbons (Fsp3) is 0.115. The summed E-state index contributed by atoms with van der Waals surface area (Å²) in [5.41, 5.74) is 0.0792. The molecule has 5 rings (SSSR count). The largest absolute Gasteiger partial charge is 0.416 e. The van der Waals surface area contributed by atoms with Gasteiger partial charge in [-0.05, 0) is 55.5 Å². The van der Waals surface area contributed by atoms with Crippen LogP contribution in [-0.4, -0.2) is 22.0 Å². The molecule has 1 aliphatic rings. The number of hydrogen-bond acceptors (Lipinski definition) is 4. The number of halogens is 6.